The van der Waals surface area contributed by atoms with Gasteiger partial charge in [0, 0.05) is 11.3 Å². The van der Waals surface area contributed by atoms with E-state index in [0.717, 1.165) is 0 Å². The number of rotatable bonds is 3. The van der Waals surface area contributed by atoms with Crippen LogP contribution in [0.4, 0.5) is 11.4 Å². The fraction of sp³-hybridized carbons (Fsp3) is 0.190. The van der Waals surface area contributed by atoms with E-state index in [4.69, 9.17) is 0 Å². The summed E-state index contributed by atoms with van der Waals surface area (Å²) in [6.07, 6.45) is 5.18. The molecule has 4 rings (SSSR count). The molecule has 1 saturated heterocycles. The second-order valence-corrected chi connectivity index (χ2v) is 6.53. The number of amides is 3. The first-order valence-corrected chi connectivity index (χ1v) is 8.64. The van der Waals surface area contributed by atoms with Crippen molar-refractivity contribution in [2.24, 2.45) is 11.8 Å². The standard InChI is InChI=1S/C21H18N2O3/c24-19(14-6-2-1-3-7-14)22-15-10-12-16(13-11-15)23-20(25)17-8-4-5-9-18(17)21(23)26/h1-7,10-13,17-18H,8-9H2,(H,22,24). The van der Waals surface area contributed by atoms with Crippen LogP contribution in [0.5, 0.6) is 0 Å². The Bertz CT molecular complexity index is 861. The molecule has 2 aliphatic rings. The third-order valence-electron chi connectivity index (χ3n) is 4.93. The topological polar surface area (TPSA) is 66.5 Å². The lowest BCUT2D eigenvalue weighted by Crippen LogP contribution is -2.30. The van der Waals surface area contributed by atoms with E-state index in [0.29, 0.717) is 29.8 Å². The van der Waals surface area contributed by atoms with Gasteiger partial charge < -0.3 is 5.32 Å². The van der Waals surface area contributed by atoms with Gasteiger partial charge in [0.15, 0.2) is 0 Å². The Morgan fingerprint density at radius 1 is 0.846 bits per heavy atom. The fourth-order valence-corrected chi connectivity index (χ4v) is 3.54. The molecular weight excluding hydrogens is 328 g/mol. The number of nitrogens with one attached hydrogen (secondary N) is 1. The van der Waals surface area contributed by atoms with Gasteiger partial charge >= 0.3 is 0 Å². The average Bonchev–Trinajstić information content (AvgIpc) is 2.94. The van der Waals surface area contributed by atoms with Gasteiger partial charge in [-0.2, -0.15) is 0 Å². The van der Waals surface area contributed by atoms with Gasteiger partial charge in [0.25, 0.3) is 5.91 Å². The Kier molecular flexibility index (Phi) is 4.13. The van der Waals surface area contributed by atoms with E-state index in [2.05, 4.69) is 5.32 Å². The molecule has 0 saturated carbocycles. The van der Waals surface area contributed by atoms with Gasteiger partial charge in [-0.25, -0.2) is 0 Å². The second-order valence-electron chi connectivity index (χ2n) is 6.53. The monoisotopic (exact) mass is 346 g/mol. The highest BCUT2D eigenvalue weighted by atomic mass is 16.2. The highest BCUT2D eigenvalue weighted by Gasteiger charge is 2.47. The van der Waals surface area contributed by atoms with Gasteiger partial charge in [-0.3, -0.25) is 19.3 Å². The van der Waals surface area contributed by atoms with Crippen LogP contribution in [0.2, 0.25) is 0 Å². The highest BCUT2D eigenvalue weighted by molar-refractivity contribution is 6.22. The Labute approximate surface area is 151 Å². The molecule has 26 heavy (non-hydrogen) atoms. The van der Waals surface area contributed by atoms with E-state index in [-0.39, 0.29) is 29.6 Å². The molecule has 2 aromatic rings. The Hall–Kier alpha value is -3.21. The van der Waals surface area contributed by atoms with Gasteiger partial charge in [0.1, 0.15) is 0 Å². The maximum Gasteiger partial charge on any atom is 0.255 e. The first-order valence-electron chi connectivity index (χ1n) is 8.64. The molecule has 1 fully saturated rings. The van der Waals surface area contributed by atoms with Crippen molar-refractivity contribution in [1.82, 2.24) is 0 Å². The van der Waals surface area contributed by atoms with Crippen molar-refractivity contribution in [3.63, 3.8) is 0 Å². The van der Waals surface area contributed by atoms with Crippen molar-refractivity contribution in [2.75, 3.05) is 10.2 Å². The number of hydrogen-bond donors (Lipinski definition) is 1. The smallest absolute Gasteiger partial charge is 0.255 e. The van der Waals surface area contributed by atoms with Gasteiger partial charge in [-0.05, 0) is 49.2 Å². The van der Waals surface area contributed by atoms with Crippen molar-refractivity contribution in [1.29, 1.82) is 0 Å². The minimum atomic E-state index is -0.245. The summed E-state index contributed by atoms with van der Waals surface area (Å²) in [7, 11) is 0. The van der Waals surface area contributed by atoms with Gasteiger partial charge in [-0.1, -0.05) is 30.4 Å². The van der Waals surface area contributed by atoms with Crippen LogP contribution in [-0.2, 0) is 9.59 Å². The molecule has 2 atom stereocenters. The third kappa shape index (κ3) is 2.81. The molecule has 5 heteroatoms. The van der Waals surface area contributed by atoms with E-state index < -0.39 is 0 Å². The zero-order valence-electron chi connectivity index (χ0n) is 14.1. The second kappa shape index (κ2) is 6.59. The van der Waals surface area contributed by atoms with Crippen molar-refractivity contribution in [3.05, 3.63) is 72.3 Å². The third-order valence-corrected chi connectivity index (χ3v) is 4.93. The summed E-state index contributed by atoms with van der Waals surface area (Å²) in [5, 5.41) is 2.81. The molecule has 0 bridgehead atoms. The van der Waals surface area contributed by atoms with Gasteiger partial charge in [0.2, 0.25) is 11.8 Å². The van der Waals surface area contributed by atoms with Crippen LogP contribution < -0.4 is 10.2 Å². The summed E-state index contributed by atoms with van der Waals surface area (Å²) < 4.78 is 0. The van der Waals surface area contributed by atoms with Crippen molar-refractivity contribution >= 4 is 29.1 Å². The molecule has 1 N–H and O–H groups in total. The normalized spacial score (nSPS) is 21.6. The lowest BCUT2D eigenvalue weighted by atomic mass is 9.85. The maximum atomic E-state index is 12.6. The summed E-state index contributed by atoms with van der Waals surface area (Å²) in [5.41, 5.74) is 1.73. The zero-order chi connectivity index (χ0) is 18.1. The van der Waals surface area contributed by atoms with Crippen molar-refractivity contribution in [3.8, 4) is 0 Å². The number of anilines is 2. The first-order chi connectivity index (χ1) is 12.6. The van der Waals surface area contributed by atoms with E-state index in [1.807, 2.05) is 18.2 Å². The minimum Gasteiger partial charge on any atom is -0.322 e. The van der Waals surface area contributed by atoms with Crippen LogP contribution in [0.25, 0.3) is 0 Å². The average molecular weight is 346 g/mol. The Morgan fingerprint density at radius 3 is 2.00 bits per heavy atom. The number of fused-ring (bicyclic) bond motifs is 1. The summed E-state index contributed by atoms with van der Waals surface area (Å²) in [4.78, 5) is 38.7. The molecule has 1 heterocycles. The number of carbonyl (C=O) groups excluding carboxylic acids is 3. The van der Waals surface area contributed by atoms with E-state index in [9.17, 15) is 14.4 Å². The van der Waals surface area contributed by atoms with E-state index in [1.165, 1.54) is 4.90 Å². The number of benzene rings is 2. The lowest BCUT2D eigenvalue weighted by Gasteiger charge is -2.15. The number of hydrogen-bond acceptors (Lipinski definition) is 3. The number of imide groups is 1. The van der Waals surface area contributed by atoms with Crippen LogP contribution in [-0.4, -0.2) is 17.7 Å². The summed E-state index contributed by atoms with van der Waals surface area (Å²) >= 11 is 0. The predicted octanol–water partition coefficient (Wildman–Crippen LogP) is 3.39. The number of allylic oxidation sites excluding steroid dienone is 2. The summed E-state index contributed by atoms with van der Waals surface area (Å²) in [5.74, 6) is -0.963. The Balaban J connectivity index is 1.51. The van der Waals surface area contributed by atoms with E-state index >= 15 is 0 Å². The lowest BCUT2D eigenvalue weighted by molar-refractivity contribution is -0.122. The first kappa shape index (κ1) is 16.3. The fourth-order valence-electron chi connectivity index (χ4n) is 3.54. The highest BCUT2D eigenvalue weighted by Crippen LogP contribution is 2.37. The molecule has 0 spiro atoms. The largest absolute Gasteiger partial charge is 0.322 e. The molecule has 2 aromatic carbocycles. The van der Waals surface area contributed by atoms with Crippen LogP contribution in [0.15, 0.2) is 66.7 Å². The van der Waals surface area contributed by atoms with E-state index in [1.54, 1.807) is 48.5 Å². The predicted molar refractivity (Wildman–Crippen MR) is 98.7 cm³/mol. The molecule has 130 valence electrons. The van der Waals surface area contributed by atoms with Gasteiger partial charge in [-0.15, -0.1) is 0 Å². The van der Waals surface area contributed by atoms with Crippen LogP contribution >= 0.6 is 0 Å². The molecule has 1 aliphatic carbocycles. The zero-order valence-corrected chi connectivity index (χ0v) is 14.1. The molecule has 0 aromatic heterocycles. The summed E-state index contributed by atoms with van der Waals surface area (Å²) in [6, 6.07) is 15.7. The minimum absolute atomic E-state index is 0.134. The van der Waals surface area contributed by atoms with Crippen LogP contribution in [0.1, 0.15) is 23.2 Å². The van der Waals surface area contributed by atoms with Crippen LogP contribution in [0.3, 0.4) is 0 Å². The molecule has 2 unspecified atom stereocenters. The van der Waals surface area contributed by atoms with Crippen LogP contribution in [0, 0.1) is 11.8 Å². The van der Waals surface area contributed by atoms with Crippen molar-refractivity contribution in [2.45, 2.75) is 12.8 Å². The molecule has 3 amide bonds. The molecule has 0 radical (unpaired) electrons. The molecular formula is C21H18N2O3. The maximum absolute atomic E-state index is 12.6. The van der Waals surface area contributed by atoms with Crippen molar-refractivity contribution < 1.29 is 14.4 Å². The quantitative estimate of drug-likeness (QED) is 0.684. The summed E-state index contributed by atoms with van der Waals surface area (Å²) in [6.45, 7) is 0. The number of carbonyl (C=O) groups is 3. The van der Waals surface area contributed by atoms with Gasteiger partial charge in [0.05, 0.1) is 17.5 Å². The molecule has 1 aliphatic heterocycles. The molecule has 5 nitrogen and oxygen atoms in total. The Morgan fingerprint density at radius 2 is 1.42 bits per heavy atom. The SMILES string of the molecule is O=C(Nc1ccc(N2C(=O)C3CC=CCC3C2=O)cc1)c1ccccc1. The number of nitrogens with zero attached hydrogens (tertiary/aromatic N) is 1.